The predicted octanol–water partition coefficient (Wildman–Crippen LogP) is 4.33. The molecule has 0 saturated carbocycles. The van der Waals surface area contributed by atoms with Crippen LogP contribution in [0.15, 0.2) is 53.6 Å². The van der Waals surface area contributed by atoms with E-state index in [2.05, 4.69) is 10.5 Å². The number of carbonyl (C=O) groups excluding carboxylic acids is 1. The quantitative estimate of drug-likeness (QED) is 0.565. The van der Waals surface area contributed by atoms with E-state index in [0.717, 1.165) is 15.6 Å². The summed E-state index contributed by atoms with van der Waals surface area (Å²) in [5.41, 5.74) is 3.28. The van der Waals surface area contributed by atoms with Gasteiger partial charge in [0.2, 0.25) is 0 Å². The Morgan fingerprint density at radius 1 is 1.22 bits per heavy atom. The monoisotopic (exact) mass is 344 g/mol. The van der Waals surface area contributed by atoms with Gasteiger partial charge >= 0.3 is 0 Å². The fraction of sp³-hybridized carbons (Fsp3) is 0.0588. The number of halogens is 1. The van der Waals surface area contributed by atoms with Gasteiger partial charge in [-0.15, -0.1) is 11.3 Å². The van der Waals surface area contributed by atoms with E-state index in [1.165, 1.54) is 17.6 Å². The molecule has 4 nitrogen and oxygen atoms in total. The molecule has 3 aromatic rings. The van der Waals surface area contributed by atoms with Gasteiger partial charge in [0.1, 0.15) is 10.6 Å². The van der Waals surface area contributed by atoms with Crippen LogP contribution in [0.5, 0.6) is 5.75 Å². The third-order valence-electron chi connectivity index (χ3n) is 3.25. The van der Waals surface area contributed by atoms with Gasteiger partial charge in [-0.2, -0.15) is 5.10 Å². The summed E-state index contributed by atoms with van der Waals surface area (Å²) in [7, 11) is 1.59. The molecule has 0 unspecified atom stereocenters. The van der Waals surface area contributed by atoms with Crippen molar-refractivity contribution < 1.29 is 9.53 Å². The van der Waals surface area contributed by atoms with Gasteiger partial charge in [0, 0.05) is 15.6 Å². The van der Waals surface area contributed by atoms with Crippen LogP contribution in [0.1, 0.15) is 15.2 Å². The van der Waals surface area contributed by atoms with Crippen molar-refractivity contribution >= 4 is 45.1 Å². The minimum Gasteiger partial charge on any atom is -0.496 e. The van der Waals surface area contributed by atoms with Gasteiger partial charge in [-0.25, -0.2) is 5.43 Å². The molecule has 0 aliphatic heterocycles. The van der Waals surface area contributed by atoms with Crippen LogP contribution in [0.25, 0.3) is 10.1 Å². The molecular weight excluding hydrogens is 332 g/mol. The molecule has 0 spiro atoms. The minimum atomic E-state index is -0.331. The summed E-state index contributed by atoms with van der Waals surface area (Å²) in [6, 6.07) is 15.0. The Kier molecular flexibility index (Phi) is 4.60. The van der Waals surface area contributed by atoms with E-state index in [1.54, 1.807) is 7.11 Å². The largest absolute Gasteiger partial charge is 0.496 e. The van der Waals surface area contributed by atoms with E-state index in [0.29, 0.717) is 15.6 Å². The van der Waals surface area contributed by atoms with Crippen LogP contribution in [0.3, 0.4) is 0 Å². The normalized spacial score (nSPS) is 11.0. The number of hydrazone groups is 1. The summed E-state index contributed by atoms with van der Waals surface area (Å²) in [5.74, 6) is 0.354. The average Bonchev–Trinajstić information content (AvgIpc) is 2.92. The van der Waals surface area contributed by atoms with Crippen molar-refractivity contribution in [3.63, 3.8) is 0 Å². The van der Waals surface area contributed by atoms with Crippen molar-refractivity contribution in [1.29, 1.82) is 0 Å². The predicted molar refractivity (Wildman–Crippen MR) is 94.9 cm³/mol. The molecule has 0 aliphatic rings. The Balaban J connectivity index is 1.78. The molecule has 1 aromatic heterocycles. The molecule has 2 aromatic carbocycles. The van der Waals surface area contributed by atoms with Gasteiger partial charge in [0.15, 0.2) is 0 Å². The van der Waals surface area contributed by atoms with Crippen LogP contribution in [-0.2, 0) is 0 Å². The van der Waals surface area contributed by atoms with Crippen molar-refractivity contribution in [3.8, 4) is 5.75 Å². The van der Waals surface area contributed by atoms with Crippen LogP contribution in [0.2, 0.25) is 5.02 Å². The Labute approximate surface area is 142 Å². The molecule has 0 bridgehead atoms. The summed E-state index contributed by atoms with van der Waals surface area (Å²) in [6.07, 6.45) is 1.54. The smallest absolute Gasteiger partial charge is 0.283 e. The van der Waals surface area contributed by atoms with Gasteiger partial charge in [0.25, 0.3) is 5.91 Å². The molecule has 0 fully saturated rings. The number of fused-ring (bicyclic) bond motifs is 1. The average molecular weight is 345 g/mol. The number of para-hydroxylation sites is 1. The van der Waals surface area contributed by atoms with Gasteiger partial charge in [-0.3, -0.25) is 4.79 Å². The maximum absolute atomic E-state index is 12.2. The van der Waals surface area contributed by atoms with Gasteiger partial charge in [0.05, 0.1) is 18.3 Å². The third kappa shape index (κ3) is 3.21. The second-order valence-corrected chi connectivity index (χ2v) is 6.11. The number of nitrogens with zero attached hydrogens (tertiary/aromatic N) is 1. The zero-order valence-corrected chi connectivity index (χ0v) is 13.8. The Morgan fingerprint density at radius 2 is 1.96 bits per heavy atom. The second-order valence-electron chi connectivity index (χ2n) is 4.68. The highest BCUT2D eigenvalue weighted by Gasteiger charge is 2.16. The highest BCUT2D eigenvalue weighted by molar-refractivity contribution is 7.21. The number of ether oxygens (including phenoxy) is 1. The van der Waals surface area contributed by atoms with E-state index < -0.39 is 0 Å². The van der Waals surface area contributed by atoms with Crippen molar-refractivity contribution in [2.75, 3.05) is 7.11 Å². The van der Waals surface area contributed by atoms with E-state index in [9.17, 15) is 4.79 Å². The molecule has 3 rings (SSSR count). The lowest BCUT2D eigenvalue weighted by Gasteiger charge is -2.03. The van der Waals surface area contributed by atoms with Crippen LogP contribution < -0.4 is 10.2 Å². The first-order valence-corrected chi connectivity index (χ1v) is 8.03. The first-order valence-electron chi connectivity index (χ1n) is 6.84. The van der Waals surface area contributed by atoms with Gasteiger partial charge < -0.3 is 4.74 Å². The maximum atomic E-state index is 12.2. The first kappa shape index (κ1) is 15.5. The van der Waals surface area contributed by atoms with E-state index in [1.807, 2.05) is 48.5 Å². The lowest BCUT2D eigenvalue weighted by molar-refractivity contribution is 0.0959. The number of rotatable bonds is 4. The summed E-state index contributed by atoms with van der Waals surface area (Å²) >= 11 is 7.62. The molecular formula is C17H13ClN2O2S. The van der Waals surface area contributed by atoms with Crippen molar-refractivity contribution in [2.45, 2.75) is 0 Å². The summed E-state index contributed by atoms with van der Waals surface area (Å²) in [6.45, 7) is 0. The summed E-state index contributed by atoms with van der Waals surface area (Å²) < 4.78 is 6.19. The van der Waals surface area contributed by atoms with E-state index >= 15 is 0 Å². The molecule has 116 valence electrons. The summed E-state index contributed by atoms with van der Waals surface area (Å²) in [5, 5.41) is 5.31. The van der Waals surface area contributed by atoms with Crippen molar-refractivity contribution in [2.24, 2.45) is 5.10 Å². The minimum absolute atomic E-state index is 0.331. The molecule has 0 atom stereocenters. The number of hydrogen-bond acceptors (Lipinski definition) is 4. The second kappa shape index (κ2) is 6.81. The molecule has 1 N–H and O–H groups in total. The number of hydrogen-bond donors (Lipinski definition) is 1. The van der Waals surface area contributed by atoms with Crippen molar-refractivity contribution in [1.82, 2.24) is 5.43 Å². The van der Waals surface area contributed by atoms with Crippen LogP contribution in [0, 0.1) is 0 Å². The highest BCUT2D eigenvalue weighted by atomic mass is 35.5. The fourth-order valence-electron chi connectivity index (χ4n) is 2.14. The lowest BCUT2D eigenvalue weighted by Crippen LogP contribution is -2.16. The number of amides is 1. The van der Waals surface area contributed by atoms with E-state index in [4.69, 9.17) is 16.3 Å². The number of benzene rings is 2. The Hall–Kier alpha value is -2.37. The molecule has 0 saturated heterocycles. The van der Waals surface area contributed by atoms with Gasteiger partial charge in [-0.05, 0) is 18.2 Å². The molecule has 1 amide bonds. The molecule has 0 radical (unpaired) electrons. The SMILES string of the molecule is COc1ccccc1C=NNC(=O)c1sc2ccccc2c1Cl. The Bertz CT molecular complexity index is 889. The highest BCUT2D eigenvalue weighted by Crippen LogP contribution is 2.34. The standard InChI is InChI=1S/C17H13ClN2O2S/c1-22-13-8-4-2-6-11(13)10-19-20-17(21)16-15(18)12-7-3-5-9-14(12)23-16/h2-10H,1H3,(H,20,21). The van der Waals surface area contributed by atoms with Crippen molar-refractivity contribution in [3.05, 3.63) is 64.0 Å². The Morgan fingerprint density at radius 3 is 2.74 bits per heavy atom. The van der Waals surface area contributed by atoms with Crippen LogP contribution in [-0.4, -0.2) is 19.2 Å². The molecule has 0 aliphatic carbocycles. The summed E-state index contributed by atoms with van der Waals surface area (Å²) in [4.78, 5) is 12.7. The van der Waals surface area contributed by atoms with Crippen LogP contribution in [0.4, 0.5) is 0 Å². The molecule has 1 heterocycles. The molecule has 6 heteroatoms. The topological polar surface area (TPSA) is 50.7 Å². The number of carbonyl (C=O) groups is 1. The van der Waals surface area contributed by atoms with Crippen LogP contribution >= 0.6 is 22.9 Å². The fourth-order valence-corrected chi connectivity index (χ4v) is 3.55. The molecule has 23 heavy (non-hydrogen) atoms. The van der Waals surface area contributed by atoms with E-state index in [-0.39, 0.29) is 5.91 Å². The zero-order chi connectivity index (χ0) is 16.2. The number of thiophene rings is 1. The zero-order valence-electron chi connectivity index (χ0n) is 12.2. The first-order chi connectivity index (χ1) is 11.2. The maximum Gasteiger partial charge on any atom is 0.283 e. The number of nitrogens with one attached hydrogen (secondary N) is 1. The van der Waals surface area contributed by atoms with Gasteiger partial charge in [-0.1, -0.05) is 41.9 Å². The lowest BCUT2D eigenvalue weighted by atomic mass is 10.2. The third-order valence-corrected chi connectivity index (χ3v) is 4.92. The number of methoxy groups -OCH3 is 1.